The Morgan fingerprint density at radius 2 is 1.79 bits per heavy atom. The van der Waals surface area contributed by atoms with Gasteiger partial charge in [0.25, 0.3) is 0 Å². The van der Waals surface area contributed by atoms with Gasteiger partial charge in [-0.25, -0.2) is 8.78 Å². The number of hydrogen-bond acceptors (Lipinski definition) is 5. The first-order valence-corrected chi connectivity index (χ1v) is 10.8. The molecule has 124 valence electrons. The molecular weight excluding hydrogens is 502 g/mol. The summed E-state index contributed by atoms with van der Waals surface area (Å²) in [4.78, 5) is 1.36. The Balaban J connectivity index is 1.97. The van der Waals surface area contributed by atoms with Gasteiger partial charge in [0.15, 0.2) is 6.17 Å². The van der Waals surface area contributed by atoms with E-state index in [0.29, 0.717) is 16.3 Å². The molecule has 0 aliphatic heterocycles. The largest absolute Gasteiger partial charge is 0.238 e. The van der Waals surface area contributed by atoms with E-state index >= 15 is 8.78 Å². The van der Waals surface area contributed by atoms with Crippen molar-refractivity contribution in [1.82, 2.24) is 8.75 Å². The van der Waals surface area contributed by atoms with Gasteiger partial charge in [-0.05, 0) is 63.0 Å². The van der Waals surface area contributed by atoms with Crippen molar-refractivity contribution in [1.29, 1.82) is 0 Å². The van der Waals surface area contributed by atoms with Gasteiger partial charge in [0.05, 0.1) is 36.0 Å². The van der Waals surface area contributed by atoms with Gasteiger partial charge < -0.3 is 0 Å². The third-order valence-corrected chi connectivity index (χ3v) is 8.12. The predicted molar refractivity (Wildman–Crippen MR) is 102 cm³/mol. The molecule has 0 amide bonds. The van der Waals surface area contributed by atoms with E-state index in [4.69, 9.17) is 0 Å². The van der Waals surface area contributed by atoms with Crippen molar-refractivity contribution in [2.75, 3.05) is 0 Å². The van der Waals surface area contributed by atoms with Crippen LogP contribution in [0.25, 0.3) is 5.57 Å². The number of rotatable bonds is 2. The van der Waals surface area contributed by atoms with Crippen molar-refractivity contribution in [3.63, 3.8) is 0 Å². The van der Waals surface area contributed by atoms with Crippen LogP contribution in [-0.2, 0) is 5.41 Å². The maximum atomic E-state index is 15.3. The van der Waals surface area contributed by atoms with E-state index in [1.165, 1.54) is 22.7 Å². The van der Waals surface area contributed by atoms with Crippen molar-refractivity contribution in [2.45, 2.75) is 18.5 Å². The zero-order chi connectivity index (χ0) is 17.1. The normalized spacial score (nSPS) is 23.6. The Hall–Kier alpha value is -0.480. The molecule has 0 spiro atoms. The van der Waals surface area contributed by atoms with Crippen molar-refractivity contribution in [3.8, 4) is 0 Å². The summed E-state index contributed by atoms with van der Waals surface area (Å²) in [6.07, 6.45) is -1.81. The maximum Gasteiger partial charge on any atom is 0.168 e. The van der Waals surface area contributed by atoms with Gasteiger partial charge in [0.1, 0.15) is 11.5 Å². The standard InChI is InChI=1S/C15H8Br2F2N2S3/c1-15(7-3-5-9(17)23-7)13(19)11(18)10(6-2-4-8(16)22-6)12-14(15)21-24-20-12/h2-5,13H,1H3. The zero-order valence-electron chi connectivity index (χ0n) is 12.0. The van der Waals surface area contributed by atoms with Crippen LogP contribution in [0, 0.1) is 0 Å². The van der Waals surface area contributed by atoms with Gasteiger partial charge in [-0.3, -0.25) is 0 Å². The molecule has 1 aliphatic carbocycles. The van der Waals surface area contributed by atoms with Crippen LogP contribution >= 0.6 is 66.3 Å². The van der Waals surface area contributed by atoms with E-state index in [1.807, 2.05) is 18.2 Å². The minimum absolute atomic E-state index is 0.218. The Bertz CT molecular complexity index is 961. The third-order valence-electron chi connectivity index (χ3n) is 4.09. The molecule has 2 atom stereocenters. The molecule has 3 aromatic rings. The summed E-state index contributed by atoms with van der Waals surface area (Å²) >= 11 is 10.5. The molecule has 2 unspecified atom stereocenters. The van der Waals surface area contributed by atoms with Gasteiger partial charge in [0, 0.05) is 9.75 Å². The van der Waals surface area contributed by atoms with Gasteiger partial charge in [-0.2, -0.15) is 8.75 Å². The topological polar surface area (TPSA) is 25.8 Å². The molecule has 0 saturated carbocycles. The summed E-state index contributed by atoms with van der Waals surface area (Å²) in [5.41, 5.74) is -0.0285. The smallest absolute Gasteiger partial charge is 0.168 e. The first-order chi connectivity index (χ1) is 11.4. The predicted octanol–water partition coefficient (Wildman–Crippen LogP) is 6.57. The number of fused-ring (bicyclic) bond motifs is 1. The number of halogens is 4. The molecule has 3 heterocycles. The first kappa shape index (κ1) is 17.0. The first-order valence-electron chi connectivity index (χ1n) is 6.81. The highest BCUT2D eigenvalue weighted by Crippen LogP contribution is 2.52. The number of allylic oxidation sites excluding steroid dienone is 1. The average molecular weight is 510 g/mol. The number of thiophene rings is 2. The molecule has 0 saturated heterocycles. The summed E-state index contributed by atoms with van der Waals surface area (Å²) in [6, 6.07) is 7.23. The van der Waals surface area contributed by atoms with Gasteiger partial charge in [0.2, 0.25) is 0 Å². The summed E-state index contributed by atoms with van der Waals surface area (Å²) in [7, 11) is 0. The lowest BCUT2D eigenvalue weighted by Crippen LogP contribution is -2.39. The fourth-order valence-electron chi connectivity index (χ4n) is 2.82. The molecule has 1 aliphatic rings. The molecule has 0 aromatic carbocycles. The van der Waals surface area contributed by atoms with Crippen molar-refractivity contribution < 1.29 is 8.78 Å². The van der Waals surface area contributed by atoms with E-state index in [1.54, 1.807) is 13.0 Å². The highest BCUT2D eigenvalue weighted by atomic mass is 79.9. The third kappa shape index (κ3) is 2.39. The number of aromatic nitrogens is 2. The fraction of sp³-hybridized carbons (Fsp3) is 0.200. The second-order valence-electron chi connectivity index (χ2n) is 5.46. The lowest BCUT2D eigenvalue weighted by Gasteiger charge is -2.34. The molecule has 0 N–H and O–H groups in total. The monoisotopic (exact) mass is 508 g/mol. The molecule has 4 rings (SSSR count). The average Bonchev–Trinajstić information content (AvgIpc) is 3.27. The molecule has 0 fully saturated rings. The van der Waals surface area contributed by atoms with Crippen LogP contribution in [-0.4, -0.2) is 14.9 Å². The number of nitrogens with zero attached hydrogens (tertiary/aromatic N) is 2. The van der Waals surface area contributed by atoms with Crippen LogP contribution < -0.4 is 0 Å². The molecule has 9 heteroatoms. The maximum absolute atomic E-state index is 15.3. The summed E-state index contributed by atoms with van der Waals surface area (Å²) in [6.45, 7) is 1.69. The quantitative estimate of drug-likeness (QED) is 0.390. The minimum atomic E-state index is -1.81. The zero-order valence-corrected chi connectivity index (χ0v) is 17.6. The molecule has 24 heavy (non-hydrogen) atoms. The van der Waals surface area contributed by atoms with Crippen molar-refractivity contribution >= 4 is 71.8 Å². The number of alkyl halides is 1. The highest BCUT2D eigenvalue weighted by Gasteiger charge is 2.51. The van der Waals surface area contributed by atoms with Crippen LogP contribution in [0.15, 0.2) is 37.7 Å². The van der Waals surface area contributed by atoms with Gasteiger partial charge in [-0.1, -0.05) is 0 Å². The van der Waals surface area contributed by atoms with Gasteiger partial charge >= 0.3 is 0 Å². The van der Waals surface area contributed by atoms with E-state index in [9.17, 15) is 0 Å². The molecular formula is C15H8Br2F2N2S3. The Labute approximate surface area is 165 Å². The highest BCUT2D eigenvalue weighted by molar-refractivity contribution is 9.11. The summed E-state index contributed by atoms with van der Waals surface area (Å²) < 4.78 is 40.8. The summed E-state index contributed by atoms with van der Waals surface area (Å²) in [5.74, 6) is -0.781. The second kappa shape index (κ2) is 6.05. The van der Waals surface area contributed by atoms with Crippen LogP contribution in [0.1, 0.15) is 28.1 Å². The molecule has 0 radical (unpaired) electrons. The van der Waals surface area contributed by atoms with Crippen molar-refractivity contribution in [2.24, 2.45) is 0 Å². The van der Waals surface area contributed by atoms with E-state index in [2.05, 4.69) is 40.6 Å². The Morgan fingerprint density at radius 1 is 1.08 bits per heavy atom. The fourth-order valence-corrected chi connectivity index (χ4v) is 6.47. The van der Waals surface area contributed by atoms with E-state index in [-0.39, 0.29) is 5.57 Å². The summed E-state index contributed by atoms with van der Waals surface area (Å²) in [5, 5.41) is 0. The van der Waals surface area contributed by atoms with Crippen LogP contribution in [0.3, 0.4) is 0 Å². The molecule has 3 aromatic heterocycles. The second-order valence-corrected chi connectivity index (χ2v) is 10.9. The number of hydrogen-bond donors (Lipinski definition) is 0. The Kier molecular flexibility index (Phi) is 4.28. The van der Waals surface area contributed by atoms with E-state index < -0.39 is 17.4 Å². The lowest BCUT2D eigenvalue weighted by atomic mass is 9.73. The minimum Gasteiger partial charge on any atom is -0.238 e. The van der Waals surface area contributed by atoms with Crippen LogP contribution in [0.5, 0.6) is 0 Å². The lowest BCUT2D eigenvalue weighted by molar-refractivity contribution is 0.232. The van der Waals surface area contributed by atoms with Crippen LogP contribution in [0.4, 0.5) is 8.78 Å². The molecule has 2 nitrogen and oxygen atoms in total. The van der Waals surface area contributed by atoms with Crippen LogP contribution in [0.2, 0.25) is 0 Å². The van der Waals surface area contributed by atoms with E-state index in [0.717, 1.165) is 24.2 Å². The SMILES string of the molecule is CC1(c2ccc(Br)s2)c2nsnc2C(c2ccc(Br)s2)=C(F)C1F. The van der Waals surface area contributed by atoms with Gasteiger partial charge in [-0.15, -0.1) is 22.7 Å². The van der Waals surface area contributed by atoms with Crippen molar-refractivity contribution in [3.05, 3.63) is 58.8 Å². The Morgan fingerprint density at radius 3 is 2.42 bits per heavy atom. The molecule has 0 bridgehead atoms.